The van der Waals surface area contributed by atoms with Gasteiger partial charge in [0.15, 0.2) is 6.10 Å². The van der Waals surface area contributed by atoms with Crippen LogP contribution in [0, 0.1) is 5.41 Å². The van der Waals surface area contributed by atoms with Crippen LogP contribution in [0.3, 0.4) is 0 Å². The predicted molar refractivity (Wildman–Crippen MR) is 98.8 cm³/mol. The van der Waals surface area contributed by atoms with Crippen molar-refractivity contribution in [2.45, 2.75) is 65.0 Å². The summed E-state index contributed by atoms with van der Waals surface area (Å²) in [6.07, 6.45) is 5.74. The van der Waals surface area contributed by atoms with Crippen molar-refractivity contribution < 1.29 is 33.3 Å². The fraction of sp³-hybridized carbons (Fsp3) is 0.650. The van der Waals surface area contributed by atoms with E-state index in [1.54, 1.807) is 6.08 Å². The minimum absolute atomic E-state index is 0.249. The Kier molecular flexibility index (Phi) is 8.37. The summed E-state index contributed by atoms with van der Waals surface area (Å²) in [6.45, 7) is 6.94. The SMILES string of the molecule is CCC[C@@H]1C/C(=C\C(=O)OC)[C@H](OC(C)=O)[C@](OC)(C(C)(C)/C=C/C=O)O1. The first-order chi connectivity index (χ1) is 12.7. The van der Waals surface area contributed by atoms with E-state index in [9.17, 15) is 14.4 Å². The summed E-state index contributed by atoms with van der Waals surface area (Å²) in [6, 6.07) is 0. The number of allylic oxidation sites excluding steroid dienone is 1. The maximum atomic E-state index is 11.9. The van der Waals surface area contributed by atoms with E-state index >= 15 is 0 Å². The van der Waals surface area contributed by atoms with Crippen molar-refractivity contribution in [3.63, 3.8) is 0 Å². The summed E-state index contributed by atoms with van der Waals surface area (Å²) in [5.74, 6) is -2.51. The van der Waals surface area contributed by atoms with Gasteiger partial charge in [-0.05, 0) is 24.5 Å². The Morgan fingerprint density at radius 1 is 1.33 bits per heavy atom. The van der Waals surface area contributed by atoms with Gasteiger partial charge in [0.05, 0.1) is 13.2 Å². The van der Waals surface area contributed by atoms with Gasteiger partial charge >= 0.3 is 11.9 Å². The quantitative estimate of drug-likeness (QED) is 0.362. The van der Waals surface area contributed by atoms with Crippen LogP contribution in [-0.2, 0) is 33.3 Å². The molecule has 7 heteroatoms. The topological polar surface area (TPSA) is 88.1 Å². The summed E-state index contributed by atoms with van der Waals surface area (Å²) in [4.78, 5) is 34.6. The Hall–Kier alpha value is -1.99. The number of hydrogen-bond acceptors (Lipinski definition) is 7. The third-order valence-corrected chi connectivity index (χ3v) is 4.68. The van der Waals surface area contributed by atoms with Gasteiger partial charge in [-0.25, -0.2) is 4.79 Å². The van der Waals surface area contributed by atoms with Gasteiger partial charge in [0.1, 0.15) is 6.29 Å². The van der Waals surface area contributed by atoms with Crippen molar-refractivity contribution in [3.8, 4) is 0 Å². The number of carbonyl (C=O) groups is 3. The van der Waals surface area contributed by atoms with Crippen LogP contribution in [0.4, 0.5) is 0 Å². The Balaban J connectivity index is 3.60. The zero-order chi connectivity index (χ0) is 20.7. The highest BCUT2D eigenvalue weighted by atomic mass is 16.7. The summed E-state index contributed by atoms with van der Waals surface area (Å²) < 4.78 is 22.5. The van der Waals surface area contributed by atoms with Gasteiger partial charge in [0.2, 0.25) is 5.79 Å². The van der Waals surface area contributed by atoms with Gasteiger partial charge in [-0.3, -0.25) is 9.59 Å². The van der Waals surface area contributed by atoms with E-state index in [4.69, 9.17) is 18.9 Å². The number of ether oxygens (including phenoxy) is 4. The van der Waals surface area contributed by atoms with Crippen molar-refractivity contribution >= 4 is 18.2 Å². The van der Waals surface area contributed by atoms with Crippen LogP contribution in [0.25, 0.3) is 0 Å². The summed E-state index contributed by atoms with van der Waals surface area (Å²) >= 11 is 0. The Bertz CT molecular complexity index is 605. The van der Waals surface area contributed by atoms with Crippen LogP contribution in [0.1, 0.15) is 47.0 Å². The molecule has 0 N–H and O–H groups in total. The molecule has 1 heterocycles. The third-order valence-electron chi connectivity index (χ3n) is 4.68. The average Bonchev–Trinajstić information content (AvgIpc) is 2.61. The first-order valence-electron chi connectivity index (χ1n) is 8.99. The lowest BCUT2D eigenvalue weighted by Gasteiger charge is -2.52. The Morgan fingerprint density at radius 3 is 2.48 bits per heavy atom. The molecule has 27 heavy (non-hydrogen) atoms. The van der Waals surface area contributed by atoms with Crippen LogP contribution >= 0.6 is 0 Å². The molecule has 0 aromatic carbocycles. The highest BCUT2D eigenvalue weighted by molar-refractivity contribution is 5.83. The van der Waals surface area contributed by atoms with E-state index in [-0.39, 0.29) is 6.10 Å². The fourth-order valence-corrected chi connectivity index (χ4v) is 3.42. The highest BCUT2D eigenvalue weighted by Crippen LogP contribution is 2.48. The van der Waals surface area contributed by atoms with Crippen LogP contribution in [0.15, 0.2) is 23.8 Å². The second-order valence-corrected chi connectivity index (χ2v) is 7.05. The minimum atomic E-state index is -1.42. The van der Waals surface area contributed by atoms with Gasteiger partial charge in [-0.2, -0.15) is 0 Å². The van der Waals surface area contributed by atoms with Gasteiger partial charge in [-0.15, -0.1) is 0 Å². The smallest absolute Gasteiger partial charge is 0.330 e. The maximum absolute atomic E-state index is 11.9. The monoisotopic (exact) mass is 382 g/mol. The Labute approximate surface area is 160 Å². The normalized spacial score (nSPS) is 27.6. The molecule has 0 aromatic rings. The van der Waals surface area contributed by atoms with Gasteiger partial charge in [0.25, 0.3) is 0 Å². The van der Waals surface area contributed by atoms with Crippen molar-refractivity contribution in [2.75, 3.05) is 14.2 Å². The van der Waals surface area contributed by atoms with Gasteiger partial charge < -0.3 is 18.9 Å². The molecule has 0 spiro atoms. The molecule has 0 amide bonds. The molecule has 1 fully saturated rings. The number of carbonyl (C=O) groups excluding carboxylic acids is 3. The van der Waals surface area contributed by atoms with E-state index in [2.05, 4.69) is 0 Å². The summed E-state index contributed by atoms with van der Waals surface area (Å²) in [5.41, 5.74) is -0.305. The molecule has 0 radical (unpaired) electrons. The number of esters is 2. The molecular weight excluding hydrogens is 352 g/mol. The lowest BCUT2D eigenvalue weighted by atomic mass is 9.74. The number of rotatable bonds is 8. The largest absolute Gasteiger partial charge is 0.466 e. The number of hydrogen-bond donors (Lipinski definition) is 0. The first kappa shape index (κ1) is 23.0. The zero-order valence-electron chi connectivity index (χ0n) is 16.9. The lowest BCUT2D eigenvalue weighted by molar-refractivity contribution is -0.336. The fourth-order valence-electron chi connectivity index (χ4n) is 3.42. The van der Waals surface area contributed by atoms with Gasteiger partial charge in [0, 0.05) is 25.5 Å². The summed E-state index contributed by atoms with van der Waals surface area (Å²) in [7, 11) is 2.74. The molecule has 1 saturated heterocycles. The van der Waals surface area contributed by atoms with E-state index in [0.717, 1.165) is 12.8 Å². The molecule has 3 atom stereocenters. The van der Waals surface area contributed by atoms with Crippen LogP contribution < -0.4 is 0 Å². The minimum Gasteiger partial charge on any atom is -0.466 e. The first-order valence-corrected chi connectivity index (χ1v) is 8.99. The van der Waals surface area contributed by atoms with Crippen LogP contribution in [0.2, 0.25) is 0 Å². The van der Waals surface area contributed by atoms with Crippen LogP contribution in [-0.4, -0.2) is 50.4 Å². The second-order valence-electron chi connectivity index (χ2n) is 7.05. The molecule has 0 unspecified atom stereocenters. The molecule has 0 saturated carbocycles. The van der Waals surface area contributed by atoms with E-state index in [0.29, 0.717) is 18.3 Å². The van der Waals surface area contributed by atoms with Crippen molar-refractivity contribution in [1.82, 2.24) is 0 Å². The van der Waals surface area contributed by atoms with E-state index in [1.807, 2.05) is 20.8 Å². The highest BCUT2D eigenvalue weighted by Gasteiger charge is 2.58. The molecule has 1 rings (SSSR count). The molecule has 1 aliphatic rings. The summed E-state index contributed by atoms with van der Waals surface area (Å²) in [5, 5.41) is 0. The number of aldehydes is 1. The molecule has 0 aromatic heterocycles. The predicted octanol–water partition coefficient (Wildman–Crippen LogP) is 2.73. The average molecular weight is 382 g/mol. The van der Waals surface area contributed by atoms with Crippen LogP contribution in [0.5, 0.6) is 0 Å². The Morgan fingerprint density at radius 2 is 2.00 bits per heavy atom. The molecule has 0 aliphatic carbocycles. The van der Waals surface area contributed by atoms with Gasteiger partial charge in [-0.1, -0.05) is 33.3 Å². The van der Waals surface area contributed by atoms with Crippen molar-refractivity contribution in [3.05, 3.63) is 23.8 Å². The molecule has 7 nitrogen and oxygen atoms in total. The zero-order valence-corrected chi connectivity index (χ0v) is 16.9. The lowest BCUT2D eigenvalue weighted by Crippen LogP contribution is -2.62. The molecule has 152 valence electrons. The standard InChI is InChI=1S/C20H30O7/c1-7-9-16-12-15(13-17(23)24-5)18(26-14(2)22)20(25-6,27-16)19(3,4)10-8-11-21/h8,10-11,13,16,18H,7,9,12H2,1-6H3/b10-8+,15-13+/t16-,18+,20-/m1/s1. The van der Waals surface area contributed by atoms with E-state index < -0.39 is 29.2 Å². The molecule has 0 bridgehead atoms. The van der Waals surface area contributed by atoms with Crippen molar-refractivity contribution in [1.29, 1.82) is 0 Å². The maximum Gasteiger partial charge on any atom is 0.330 e. The molecule has 1 aliphatic heterocycles. The van der Waals surface area contributed by atoms with E-state index in [1.165, 1.54) is 33.3 Å². The second kappa shape index (κ2) is 9.80. The molecular formula is C20H30O7. The van der Waals surface area contributed by atoms with Crippen molar-refractivity contribution in [2.24, 2.45) is 5.41 Å². The number of methoxy groups -OCH3 is 2. The third kappa shape index (κ3) is 5.26.